The highest BCUT2D eigenvalue weighted by Gasteiger charge is 2.27. The van der Waals surface area contributed by atoms with E-state index in [1.165, 1.54) is 0 Å². The van der Waals surface area contributed by atoms with Crippen molar-refractivity contribution in [2.24, 2.45) is 13.0 Å². The molecule has 112 valence electrons. The lowest BCUT2D eigenvalue weighted by atomic mass is 9.98. The standard InChI is InChI=1S/C15H19N3O2S/c1-17-9-12(14(16-17)13-5-3-7-21-13)15(20)18-6-2-4-11(8-18)10-19/h3,5,7,9,11,19H,2,4,6,8,10H2,1H3. The summed E-state index contributed by atoms with van der Waals surface area (Å²) in [7, 11) is 1.83. The zero-order valence-electron chi connectivity index (χ0n) is 12.0. The Balaban J connectivity index is 1.88. The van der Waals surface area contributed by atoms with Crippen molar-refractivity contribution in [2.45, 2.75) is 12.8 Å². The Bertz CT molecular complexity index is 621. The molecule has 0 saturated carbocycles. The third-order valence-electron chi connectivity index (χ3n) is 3.88. The van der Waals surface area contributed by atoms with Gasteiger partial charge in [-0.25, -0.2) is 0 Å². The zero-order chi connectivity index (χ0) is 14.8. The summed E-state index contributed by atoms with van der Waals surface area (Å²) < 4.78 is 1.69. The van der Waals surface area contributed by atoms with Crippen LogP contribution >= 0.6 is 11.3 Å². The molecule has 21 heavy (non-hydrogen) atoms. The topological polar surface area (TPSA) is 58.4 Å². The Morgan fingerprint density at radius 1 is 1.57 bits per heavy atom. The molecule has 0 bridgehead atoms. The molecule has 1 amide bonds. The Morgan fingerprint density at radius 3 is 3.14 bits per heavy atom. The Morgan fingerprint density at radius 2 is 2.43 bits per heavy atom. The first-order valence-corrected chi connectivity index (χ1v) is 8.04. The van der Waals surface area contributed by atoms with Gasteiger partial charge >= 0.3 is 0 Å². The van der Waals surface area contributed by atoms with Crippen LogP contribution in [0, 0.1) is 5.92 Å². The first-order chi connectivity index (χ1) is 10.2. The van der Waals surface area contributed by atoms with Crippen LogP contribution in [-0.4, -0.2) is 45.4 Å². The number of piperidine rings is 1. The average molecular weight is 305 g/mol. The number of hydrogen-bond donors (Lipinski definition) is 1. The first kappa shape index (κ1) is 14.3. The van der Waals surface area contributed by atoms with Crippen LogP contribution in [0.2, 0.25) is 0 Å². The van der Waals surface area contributed by atoms with Crippen LogP contribution in [0.5, 0.6) is 0 Å². The lowest BCUT2D eigenvalue weighted by Gasteiger charge is -2.31. The number of aryl methyl sites for hydroxylation is 1. The summed E-state index contributed by atoms with van der Waals surface area (Å²) in [4.78, 5) is 15.6. The lowest BCUT2D eigenvalue weighted by molar-refractivity contribution is 0.0621. The number of likely N-dealkylation sites (tertiary alicyclic amines) is 1. The van der Waals surface area contributed by atoms with Gasteiger partial charge in [-0.1, -0.05) is 6.07 Å². The van der Waals surface area contributed by atoms with Crippen LogP contribution in [-0.2, 0) is 7.05 Å². The maximum Gasteiger partial charge on any atom is 0.257 e. The fourth-order valence-corrected chi connectivity index (χ4v) is 3.53. The monoisotopic (exact) mass is 305 g/mol. The van der Waals surface area contributed by atoms with Gasteiger partial charge in [0.25, 0.3) is 5.91 Å². The minimum absolute atomic E-state index is 0.0182. The van der Waals surface area contributed by atoms with E-state index >= 15 is 0 Å². The smallest absolute Gasteiger partial charge is 0.257 e. The molecule has 1 unspecified atom stereocenters. The van der Waals surface area contributed by atoms with Crippen molar-refractivity contribution >= 4 is 17.2 Å². The number of carbonyl (C=O) groups is 1. The van der Waals surface area contributed by atoms with Gasteiger partial charge in [0.1, 0.15) is 5.69 Å². The third-order valence-corrected chi connectivity index (χ3v) is 4.75. The molecule has 1 aliphatic heterocycles. The summed E-state index contributed by atoms with van der Waals surface area (Å²) >= 11 is 1.59. The fourth-order valence-electron chi connectivity index (χ4n) is 2.81. The molecule has 3 heterocycles. The maximum absolute atomic E-state index is 12.8. The van der Waals surface area contributed by atoms with Crippen LogP contribution in [0.4, 0.5) is 0 Å². The van der Waals surface area contributed by atoms with Crippen LogP contribution in [0.25, 0.3) is 10.6 Å². The molecule has 1 aliphatic rings. The van der Waals surface area contributed by atoms with E-state index in [2.05, 4.69) is 5.10 Å². The van der Waals surface area contributed by atoms with Crippen LogP contribution in [0.15, 0.2) is 23.7 Å². The highest BCUT2D eigenvalue weighted by Crippen LogP contribution is 2.28. The molecular weight excluding hydrogens is 286 g/mol. The summed E-state index contributed by atoms with van der Waals surface area (Å²) in [6, 6.07) is 3.95. The zero-order valence-corrected chi connectivity index (χ0v) is 12.8. The second-order valence-corrected chi connectivity index (χ2v) is 6.43. The molecule has 2 aromatic rings. The molecule has 2 aromatic heterocycles. The van der Waals surface area contributed by atoms with Gasteiger partial charge in [0, 0.05) is 32.9 Å². The number of aromatic nitrogens is 2. The first-order valence-electron chi connectivity index (χ1n) is 7.16. The van der Waals surface area contributed by atoms with Crippen molar-refractivity contribution < 1.29 is 9.90 Å². The third kappa shape index (κ3) is 2.87. The minimum atomic E-state index is 0.0182. The number of aliphatic hydroxyl groups is 1. The predicted octanol–water partition coefficient (Wildman–Crippen LogP) is 1.99. The van der Waals surface area contributed by atoms with E-state index in [1.807, 2.05) is 29.5 Å². The molecule has 3 rings (SSSR count). The largest absolute Gasteiger partial charge is 0.396 e. The Hall–Kier alpha value is -1.66. The highest BCUT2D eigenvalue weighted by atomic mass is 32.1. The van der Waals surface area contributed by atoms with Gasteiger partial charge < -0.3 is 10.0 Å². The molecule has 6 heteroatoms. The molecule has 0 spiro atoms. The van der Waals surface area contributed by atoms with Crippen molar-refractivity contribution in [2.75, 3.05) is 19.7 Å². The summed E-state index contributed by atoms with van der Waals surface area (Å²) in [5, 5.41) is 15.7. The molecule has 0 radical (unpaired) electrons. The fraction of sp³-hybridized carbons (Fsp3) is 0.467. The van der Waals surface area contributed by atoms with E-state index in [1.54, 1.807) is 22.2 Å². The lowest BCUT2D eigenvalue weighted by Crippen LogP contribution is -2.41. The average Bonchev–Trinajstić information content (AvgIpc) is 3.15. The molecule has 1 fully saturated rings. The summed E-state index contributed by atoms with van der Waals surface area (Å²) in [6.07, 6.45) is 3.73. The molecule has 1 N–H and O–H groups in total. The second kappa shape index (κ2) is 5.99. The van der Waals surface area contributed by atoms with Gasteiger partial charge in [-0.05, 0) is 30.2 Å². The summed E-state index contributed by atoms with van der Waals surface area (Å²) in [5.41, 5.74) is 1.40. The number of hydrogen-bond acceptors (Lipinski definition) is 4. The van der Waals surface area contributed by atoms with Crippen molar-refractivity contribution in [3.05, 3.63) is 29.3 Å². The summed E-state index contributed by atoms with van der Waals surface area (Å²) in [6.45, 7) is 1.54. The number of thiophene rings is 1. The van der Waals surface area contributed by atoms with Crippen molar-refractivity contribution in [3.63, 3.8) is 0 Å². The second-order valence-electron chi connectivity index (χ2n) is 5.48. The van der Waals surface area contributed by atoms with E-state index in [0.717, 1.165) is 30.0 Å². The predicted molar refractivity (Wildman–Crippen MR) is 82.2 cm³/mol. The molecule has 1 atom stereocenters. The van der Waals surface area contributed by atoms with Gasteiger partial charge in [-0.3, -0.25) is 9.48 Å². The molecular formula is C15H19N3O2S. The Labute approximate surface area is 127 Å². The van der Waals surface area contributed by atoms with Crippen molar-refractivity contribution in [1.82, 2.24) is 14.7 Å². The van der Waals surface area contributed by atoms with Gasteiger partial charge in [0.05, 0.1) is 10.4 Å². The van der Waals surface area contributed by atoms with E-state index in [-0.39, 0.29) is 18.4 Å². The molecule has 0 aromatic carbocycles. The minimum Gasteiger partial charge on any atom is -0.396 e. The molecule has 0 aliphatic carbocycles. The Kier molecular flexibility index (Phi) is 4.07. The van der Waals surface area contributed by atoms with E-state index in [9.17, 15) is 9.90 Å². The van der Waals surface area contributed by atoms with Crippen molar-refractivity contribution in [1.29, 1.82) is 0 Å². The quantitative estimate of drug-likeness (QED) is 0.943. The highest BCUT2D eigenvalue weighted by molar-refractivity contribution is 7.13. The number of rotatable bonds is 3. The number of nitrogens with zero attached hydrogens (tertiary/aromatic N) is 3. The number of amides is 1. The van der Waals surface area contributed by atoms with E-state index in [4.69, 9.17) is 0 Å². The van der Waals surface area contributed by atoms with E-state index in [0.29, 0.717) is 12.1 Å². The number of carbonyl (C=O) groups excluding carboxylic acids is 1. The van der Waals surface area contributed by atoms with Gasteiger partial charge in [0.2, 0.25) is 0 Å². The molecule has 5 nitrogen and oxygen atoms in total. The van der Waals surface area contributed by atoms with Gasteiger partial charge in [-0.15, -0.1) is 11.3 Å². The van der Waals surface area contributed by atoms with Crippen LogP contribution < -0.4 is 0 Å². The van der Waals surface area contributed by atoms with E-state index < -0.39 is 0 Å². The maximum atomic E-state index is 12.8. The summed E-state index contributed by atoms with van der Waals surface area (Å²) in [5.74, 6) is 0.217. The SMILES string of the molecule is Cn1cc(C(=O)N2CCCC(CO)C2)c(-c2cccs2)n1. The van der Waals surface area contributed by atoms with Crippen LogP contribution in [0.3, 0.4) is 0 Å². The van der Waals surface area contributed by atoms with Gasteiger partial charge in [-0.2, -0.15) is 5.10 Å². The normalized spacial score (nSPS) is 19.0. The van der Waals surface area contributed by atoms with Crippen LogP contribution in [0.1, 0.15) is 23.2 Å². The van der Waals surface area contributed by atoms with Gasteiger partial charge in [0.15, 0.2) is 0 Å². The number of aliphatic hydroxyl groups excluding tert-OH is 1. The molecule has 1 saturated heterocycles. The van der Waals surface area contributed by atoms with Crippen molar-refractivity contribution in [3.8, 4) is 10.6 Å².